The number of alkyl halides is 2. The fraction of sp³-hybridized carbons (Fsp3) is 0.583. The molecule has 0 radical (unpaired) electrons. The second kappa shape index (κ2) is 9.50. The Balaban J connectivity index is 1.26. The van der Waals surface area contributed by atoms with Crippen LogP contribution < -0.4 is 0 Å². The van der Waals surface area contributed by atoms with E-state index in [0.29, 0.717) is 30.4 Å². The van der Waals surface area contributed by atoms with Crippen LogP contribution in [0.5, 0.6) is 0 Å². The lowest BCUT2D eigenvalue weighted by atomic mass is 9.77. The smallest absolute Gasteiger partial charge is 0.278 e. The quantitative estimate of drug-likeness (QED) is 0.549. The van der Waals surface area contributed by atoms with Crippen LogP contribution in [0, 0.1) is 12.8 Å². The highest BCUT2D eigenvalue weighted by atomic mass is 35.5. The predicted octanol–water partition coefficient (Wildman–Crippen LogP) is 4.92. The number of thioether (sulfide) groups is 1. The lowest BCUT2D eigenvalue weighted by Gasteiger charge is -2.51. The van der Waals surface area contributed by atoms with Crippen molar-refractivity contribution in [1.82, 2.24) is 19.7 Å². The molecule has 0 aliphatic carbocycles. The van der Waals surface area contributed by atoms with Gasteiger partial charge in [-0.05, 0) is 38.8 Å². The molecule has 2 atom stereocenters. The average Bonchev–Trinajstić information content (AvgIpc) is 3.41. The van der Waals surface area contributed by atoms with Gasteiger partial charge in [0.25, 0.3) is 5.92 Å². The minimum Gasteiger partial charge on any atom is -0.377 e. The zero-order valence-electron chi connectivity index (χ0n) is 19.3. The largest absolute Gasteiger partial charge is 0.377 e. The summed E-state index contributed by atoms with van der Waals surface area (Å²) in [7, 11) is 0. The molecule has 0 amide bonds. The van der Waals surface area contributed by atoms with Crippen LogP contribution in [0.1, 0.15) is 36.6 Å². The third-order valence-corrected chi connectivity index (χ3v) is 8.81. The van der Waals surface area contributed by atoms with Crippen molar-refractivity contribution >= 4 is 23.4 Å². The van der Waals surface area contributed by atoms with Crippen molar-refractivity contribution in [3.63, 3.8) is 0 Å². The van der Waals surface area contributed by atoms with Crippen molar-refractivity contribution in [1.29, 1.82) is 0 Å². The van der Waals surface area contributed by atoms with Crippen LogP contribution in [-0.2, 0) is 22.6 Å². The summed E-state index contributed by atoms with van der Waals surface area (Å²) in [4.78, 5) is 6.87. The number of likely N-dealkylation sites (tertiary alicyclic amines) is 1. The topological polar surface area (TPSA) is 52.4 Å². The highest BCUT2D eigenvalue weighted by Gasteiger charge is 2.60. The Kier molecular flexibility index (Phi) is 6.76. The molecule has 0 N–H and O–H groups in total. The van der Waals surface area contributed by atoms with E-state index in [2.05, 4.69) is 9.88 Å². The SMILES string of the molecule is CCOCc1cccnc1-n1cc(CN2CCC3(CC2)OCC(F)(F)C2C=C(Cl)SC23)c(C)n1. The van der Waals surface area contributed by atoms with Gasteiger partial charge < -0.3 is 9.47 Å². The van der Waals surface area contributed by atoms with Gasteiger partial charge in [-0.15, -0.1) is 11.8 Å². The van der Waals surface area contributed by atoms with Gasteiger partial charge in [-0.2, -0.15) is 5.10 Å². The molecule has 0 aromatic carbocycles. The number of rotatable bonds is 6. The lowest BCUT2D eigenvalue weighted by molar-refractivity contribution is -0.215. The molecule has 184 valence electrons. The molecule has 2 saturated heterocycles. The van der Waals surface area contributed by atoms with E-state index in [1.54, 1.807) is 6.20 Å². The molecule has 5 heterocycles. The zero-order chi connectivity index (χ0) is 23.9. The maximum Gasteiger partial charge on any atom is 0.278 e. The highest BCUT2D eigenvalue weighted by molar-refractivity contribution is 8.05. The first-order valence-corrected chi connectivity index (χ1v) is 12.9. The number of allylic oxidation sites excluding steroid dienone is 1. The molecule has 2 aromatic rings. The molecule has 10 heteroatoms. The monoisotopic (exact) mass is 510 g/mol. The Bertz CT molecular complexity index is 1070. The highest BCUT2D eigenvalue weighted by Crippen LogP contribution is 2.56. The molecule has 1 spiro atoms. The van der Waals surface area contributed by atoms with Gasteiger partial charge in [-0.1, -0.05) is 17.7 Å². The summed E-state index contributed by atoms with van der Waals surface area (Å²) < 4.78 is 42.6. The van der Waals surface area contributed by atoms with Crippen molar-refractivity contribution in [2.45, 2.75) is 56.6 Å². The lowest BCUT2D eigenvalue weighted by Crippen LogP contribution is -2.61. The molecule has 6 nitrogen and oxygen atoms in total. The molecule has 34 heavy (non-hydrogen) atoms. The summed E-state index contributed by atoms with van der Waals surface area (Å²) in [6.07, 6.45) is 6.74. The molecule has 3 aliphatic rings. The molecule has 0 bridgehead atoms. The maximum absolute atomic E-state index is 14.4. The number of hydrogen-bond acceptors (Lipinski definition) is 6. The molecule has 2 unspecified atom stereocenters. The molecule has 2 fully saturated rings. The van der Waals surface area contributed by atoms with Crippen molar-refractivity contribution in [3.05, 3.63) is 51.8 Å². The fourth-order valence-corrected chi connectivity index (χ4v) is 6.97. The van der Waals surface area contributed by atoms with Crippen LogP contribution in [0.15, 0.2) is 35.0 Å². The molecule has 5 rings (SSSR count). The number of fused-ring (bicyclic) bond motifs is 2. The summed E-state index contributed by atoms with van der Waals surface area (Å²) in [5, 5.41) is 4.38. The number of nitrogens with zero attached hydrogens (tertiary/aromatic N) is 4. The first-order valence-electron chi connectivity index (χ1n) is 11.7. The van der Waals surface area contributed by atoms with Gasteiger partial charge in [-0.3, -0.25) is 4.90 Å². The number of piperidine rings is 1. The molecular weight excluding hydrogens is 482 g/mol. The van der Waals surface area contributed by atoms with E-state index < -0.39 is 24.0 Å². The Morgan fingerprint density at radius 2 is 2.09 bits per heavy atom. The third kappa shape index (κ3) is 4.53. The normalized spacial score (nSPS) is 26.0. The molecule has 0 saturated carbocycles. The van der Waals surface area contributed by atoms with Gasteiger partial charge in [0.2, 0.25) is 0 Å². The number of hydrogen-bond donors (Lipinski definition) is 0. The molecule has 3 aliphatic heterocycles. The van der Waals surface area contributed by atoms with Crippen molar-refractivity contribution < 1.29 is 18.3 Å². The summed E-state index contributed by atoms with van der Waals surface area (Å²) in [5.74, 6) is -2.95. The van der Waals surface area contributed by atoms with Gasteiger partial charge in [0.15, 0.2) is 5.82 Å². The summed E-state index contributed by atoms with van der Waals surface area (Å²) in [5.41, 5.74) is 2.50. The van der Waals surface area contributed by atoms with Crippen molar-refractivity contribution in [3.8, 4) is 5.82 Å². The van der Waals surface area contributed by atoms with E-state index in [1.165, 1.54) is 17.8 Å². The van der Waals surface area contributed by atoms with E-state index in [-0.39, 0.29) is 5.25 Å². The Morgan fingerprint density at radius 1 is 1.29 bits per heavy atom. The second-order valence-electron chi connectivity index (χ2n) is 9.23. The molecular formula is C24H29ClF2N4O2S. The van der Waals surface area contributed by atoms with E-state index in [4.69, 9.17) is 26.2 Å². The Morgan fingerprint density at radius 3 is 2.85 bits per heavy atom. The fourth-order valence-electron chi connectivity index (χ4n) is 5.14. The Labute approximate surface area is 207 Å². The number of pyridine rings is 1. The second-order valence-corrected chi connectivity index (χ2v) is 11.0. The van der Waals surface area contributed by atoms with Gasteiger partial charge in [0.05, 0.1) is 33.4 Å². The van der Waals surface area contributed by atoms with Gasteiger partial charge in [-0.25, -0.2) is 18.4 Å². The molecule has 2 aromatic heterocycles. The van der Waals surface area contributed by atoms with Crippen LogP contribution in [0.25, 0.3) is 5.82 Å². The van der Waals surface area contributed by atoms with E-state index in [0.717, 1.165) is 42.3 Å². The third-order valence-electron chi connectivity index (χ3n) is 7.08. The summed E-state index contributed by atoms with van der Waals surface area (Å²) in [6.45, 7) is 6.85. The van der Waals surface area contributed by atoms with Crippen LogP contribution in [0.3, 0.4) is 0 Å². The minimum absolute atomic E-state index is 0.330. The Hall–Kier alpha value is -1.52. The maximum atomic E-state index is 14.4. The van der Waals surface area contributed by atoms with Crippen LogP contribution in [0.4, 0.5) is 8.78 Å². The average molecular weight is 511 g/mol. The number of halogens is 3. The predicted molar refractivity (Wildman–Crippen MR) is 128 cm³/mol. The standard InChI is InChI=1S/C24H29ClF2N4O2S/c1-3-32-14-17-5-4-8-28-22(17)31-13-18(16(2)29-31)12-30-9-6-23(7-10-30)21-19(11-20(25)34-21)24(26,27)15-33-23/h4-5,8,11,13,19,21H,3,6-7,9-10,12,14-15H2,1-2H3. The summed E-state index contributed by atoms with van der Waals surface area (Å²) in [6, 6.07) is 3.90. The van der Waals surface area contributed by atoms with E-state index in [1.807, 2.05) is 36.9 Å². The van der Waals surface area contributed by atoms with Gasteiger partial charge >= 0.3 is 0 Å². The van der Waals surface area contributed by atoms with Gasteiger partial charge in [0, 0.05) is 49.8 Å². The van der Waals surface area contributed by atoms with Crippen molar-refractivity contribution in [2.75, 3.05) is 26.3 Å². The number of aromatic nitrogens is 3. The summed E-state index contributed by atoms with van der Waals surface area (Å²) >= 11 is 7.51. The van der Waals surface area contributed by atoms with E-state index in [9.17, 15) is 8.78 Å². The van der Waals surface area contributed by atoms with Crippen LogP contribution in [0.2, 0.25) is 0 Å². The first-order chi connectivity index (χ1) is 16.3. The zero-order valence-corrected chi connectivity index (χ0v) is 20.9. The van der Waals surface area contributed by atoms with Gasteiger partial charge in [0.1, 0.15) is 6.61 Å². The van der Waals surface area contributed by atoms with Crippen molar-refractivity contribution in [2.24, 2.45) is 5.92 Å². The van der Waals surface area contributed by atoms with E-state index >= 15 is 0 Å². The number of ether oxygens (including phenoxy) is 2. The number of aryl methyl sites for hydroxylation is 1. The minimum atomic E-state index is -2.87. The first kappa shape index (κ1) is 24.2. The van der Waals surface area contributed by atoms with Crippen LogP contribution >= 0.6 is 23.4 Å². The van der Waals surface area contributed by atoms with Crippen LogP contribution in [-0.4, -0.2) is 62.7 Å².